The zero-order chi connectivity index (χ0) is 37.7. The topological polar surface area (TPSA) is 34.1 Å². The number of hydrogen-bond donors (Lipinski definition) is 0. The molecule has 0 N–H and O–H groups in total. The summed E-state index contributed by atoms with van der Waals surface area (Å²) in [4.78, 5) is 23.8. The second kappa shape index (κ2) is 16.4. The smallest absolute Gasteiger partial charge is 0.150 e. The molecule has 0 aromatic heterocycles. The molecule has 2 heteroatoms. The Morgan fingerprint density at radius 2 is 0.815 bits per heavy atom. The van der Waals surface area contributed by atoms with E-state index in [-0.39, 0.29) is 5.41 Å². The molecule has 0 spiro atoms. The average Bonchev–Trinajstić information content (AvgIpc) is 3.62. The monoisotopic (exact) mass is 714 g/mol. The Balaban J connectivity index is 1.46. The molecule has 7 rings (SSSR count). The lowest BCUT2D eigenvalue weighted by Gasteiger charge is -2.35. The van der Waals surface area contributed by atoms with Crippen LogP contribution >= 0.6 is 0 Å². The van der Waals surface area contributed by atoms with Crippen molar-refractivity contribution in [3.05, 3.63) is 153 Å². The van der Waals surface area contributed by atoms with Crippen LogP contribution in [-0.4, -0.2) is 12.6 Å². The zero-order valence-corrected chi connectivity index (χ0v) is 33.1. The van der Waals surface area contributed by atoms with E-state index in [0.717, 1.165) is 23.7 Å². The van der Waals surface area contributed by atoms with Crippen LogP contribution in [0.4, 0.5) is 0 Å². The quantitative estimate of drug-likeness (QED) is 0.0656. The Morgan fingerprint density at radius 1 is 0.426 bits per heavy atom. The SMILES string of the molecule is CCCCCCCCC1(CCCCCCCC)c2cc(C)ccc2-c2cc3c(cc21)-c1ccc(C)cc1C3(c1ccc(C=O)cc1)c1ccc(C=O)cc1. The zero-order valence-electron chi connectivity index (χ0n) is 33.1. The Kier molecular flexibility index (Phi) is 11.5. The van der Waals surface area contributed by atoms with Crippen LogP contribution in [0.1, 0.15) is 169 Å². The molecule has 5 aromatic rings. The van der Waals surface area contributed by atoms with Crippen molar-refractivity contribution >= 4 is 12.6 Å². The van der Waals surface area contributed by atoms with Gasteiger partial charge in [-0.25, -0.2) is 0 Å². The number of fused-ring (bicyclic) bond motifs is 6. The molecule has 0 amide bonds. The minimum absolute atomic E-state index is 0.0193. The van der Waals surface area contributed by atoms with Gasteiger partial charge in [-0.1, -0.05) is 187 Å². The second-order valence-electron chi connectivity index (χ2n) is 16.4. The molecule has 0 saturated heterocycles. The molecule has 0 saturated carbocycles. The maximum atomic E-state index is 11.9. The van der Waals surface area contributed by atoms with E-state index < -0.39 is 5.41 Å². The van der Waals surface area contributed by atoms with Crippen LogP contribution in [0.5, 0.6) is 0 Å². The van der Waals surface area contributed by atoms with Crippen LogP contribution in [0, 0.1) is 13.8 Å². The van der Waals surface area contributed by atoms with Gasteiger partial charge in [0.15, 0.2) is 0 Å². The first-order valence-corrected chi connectivity index (χ1v) is 20.9. The van der Waals surface area contributed by atoms with Crippen molar-refractivity contribution in [2.24, 2.45) is 0 Å². The van der Waals surface area contributed by atoms with Crippen LogP contribution in [0.3, 0.4) is 0 Å². The molecule has 0 atom stereocenters. The lowest BCUT2D eigenvalue weighted by Crippen LogP contribution is -2.29. The van der Waals surface area contributed by atoms with Crippen molar-refractivity contribution in [3.63, 3.8) is 0 Å². The third kappa shape index (κ3) is 6.71. The molecule has 0 fully saturated rings. The van der Waals surface area contributed by atoms with Crippen molar-refractivity contribution in [3.8, 4) is 22.3 Å². The molecule has 54 heavy (non-hydrogen) atoms. The Hall–Kier alpha value is -4.56. The summed E-state index contributed by atoms with van der Waals surface area (Å²) in [5.41, 5.74) is 16.4. The summed E-state index contributed by atoms with van der Waals surface area (Å²) in [5.74, 6) is 0. The number of rotatable bonds is 18. The molecule has 0 heterocycles. The van der Waals surface area contributed by atoms with E-state index in [4.69, 9.17) is 0 Å². The van der Waals surface area contributed by atoms with Gasteiger partial charge in [-0.3, -0.25) is 9.59 Å². The predicted octanol–water partition coefficient (Wildman–Crippen LogP) is 14.1. The van der Waals surface area contributed by atoms with Crippen molar-refractivity contribution in [2.45, 2.75) is 128 Å². The third-order valence-electron chi connectivity index (χ3n) is 12.8. The number of aryl methyl sites for hydroxylation is 2. The molecule has 2 nitrogen and oxygen atoms in total. The minimum Gasteiger partial charge on any atom is -0.298 e. The standard InChI is InChI=1S/C52H58O2/c1-5-7-9-11-13-15-29-51(30-16-14-12-10-8-6-2)47-31-37(3)17-27-43(47)45-34-50-46(33-48(45)51)44-28-18-38(4)32-49(44)52(50,41-23-19-39(35-53)20-24-41)42-25-21-40(36-54)22-26-42/h17-28,31-36H,5-16,29-30H2,1-4H3. The number of carbonyl (C=O) groups excluding carboxylic acids is 2. The number of carbonyl (C=O) groups is 2. The van der Waals surface area contributed by atoms with Crippen LogP contribution in [0.25, 0.3) is 22.3 Å². The molecule has 5 aromatic carbocycles. The minimum atomic E-state index is -0.622. The molecular weight excluding hydrogens is 657 g/mol. The highest BCUT2D eigenvalue weighted by Gasteiger charge is 2.50. The maximum Gasteiger partial charge on any atom is 0.150 e. The maximum absolute atomic E-state index is 11.9. The van der Waals surface area contributed by atoms with Gasteiger partial charge in [0, 0.05) is 16.5 Å². The van der Waals surface area contributed by atoms with Gasteiger partial charge >= 0.3 is 0 Å². The van der Waals surface area contributed by atoms with Gasteiger partial charge in [0.25, 0.3) is 0 Å². The molecular formula is C52H58O2. The Labute approximate surface area is 324 Å². The molecule has 2 aliphatic rings. The van der Waals surface area contributed by atoms with E-state index in [0.29, 0.717) is 11.1 Å². The highest BCUT2D eigenvalue weighted by Crippen LogP contribution is 2.62. The lowest BCUT2D eigenvalue weighted by molar-refractivity contribution is 0.111. The summed E-state index contributed by atoms with van der Waals surface area (Å²) in [6.07, 6.45) is 19.8. The fraction of sp³-hybridized carbons (Fsp3) is 0.385. The first-order valence-electron chi connectivity index (χ1n) is 20.9. The van der Waals surface area contributed by atoms with Gasteiger partial charge in [0.2, 0.25) is 0 Å². The summed E-state index contributed by atoms with van der Waals surface area (Å²) in [7, 11) is 0. The summed E-state index contributed by atoms with van der Waals surface area (Å²) >= 11 is 0. The first kappa shape index (κ1) is 37.7. The van der Waals surface area contributed by atoms with Crippen molar-refractivity contribution in [2.75, 3.05) is 0 Å². The summed E-state index contributed by atoms with van der Waals surface area (Å²) in [6, 6.07) is 35.8. The Bertz CT molecular complexity index is 2030. The predicted molar refractivity (Wildman–Crippen MR) is 226 cm³/mol. The van der Waals surface area contributed by atoms with E-state index in [1.165, 1.54) is 146 Å². The molecule has 0 bridgehead atoms. The van der Waals surface area contributed by atoms with Gasteiger partial charge in [0.1, 0.15) is 12.6 Å². The summed E-state index contributed by atoms with van der Waals surface area (Å²) in [5, 5.41) is 0. The fourth-order valence-corrected chi connectivity index (χ4v) is 10.0. The van der Waals surface area contributed by atoms with Crippen molar-refractivity contribution in [1.82, 2.24) is 0 Å². The highest BCUT2D eigenvalue weighted by atomic mass is 16.1. The van der Waals surface area contributed by atoms with E-state index in [2.05, 4.69) is 100 Å². The van der Waals surface area contributed by atoms with Crippen LogP contribution in [-0.2, 0) is 10.8 Å². The molecule has 0 unspecified atom stereocenters. The van der Waals surface area contributed by atoms with E-state index >= 15 is 0 Å². The van der Waals surface area contributed by atoms with Gasteiger partial charge in [-0.15, -0.1) is 0 Å². The largest absolute Gasteiger partial charge is 0.298 e. The molecule has 0 radical (unpaired) electrons. The third-order valence-corrected chi connectivity index (χ3v) is 12.8. The Morgan fingerprint density at radius 3 is 1.31 bits per heavy atom. The number of hydrogen-bond acceptors (Lipinski definition) is 2. The van der Waals surface area contributed by atoms with Gasteiger partial charge < -0.3 is 0 Å². The fourth-order valence-electron chi connectivity index (χ4n) is 10.0. The van der Waals surface area contributed by atoms with Crippen LogP contribution in [0.15, 0.2) is 97.1 Å². The second-order valence-corrected chi connectivity index (χ2v) is 16.4. The highest BCUT2D eigenvalue weighted by molar-refractivity contribution is 5.93. The normalized spacial score (nSPS) is 14.3. The summed E-state index contributed by atoms with van der Waals surface area (Å²) in [6.45, 7) is 9.05. The van der Waals surface area contributed by atoms with Gasteiger partial charge in [0.05, 0.1) is 5.41 Å². The van der Waals surface area contributed by atoms with Crippen molar-refractivity contribution in [1.29, 1.82) is 0 Å². The van der Waals surface area contributed by atoms with Crippen LogP contribution in [0.2, 0.25) is 0 Å². The molecule has 278 valence electrons. The molecule has 2 aliphatic carbocycles. The molecule has 0 aliphatic heterocycles. The first-order chi connectivity index (χ1) is 26.4. The van der Waals surface area contributed by atoms with E-state index in [1.807, 2.05) is 24.3 Å². The number of benzene rings is 5. The van der Waals surface area contributed by atoms with Gasteiger partial charge in [-0.05, 0) is 94.5 Å². The number of aldehydes is 2. The van der Waals surface area contributed by atoms with Gasteiger partial charge in [-0.2, -0.15) is 0 Å². The van der Waals surface area contributed by atoms with E-state index in [1.54, 1.807) is 0 Å². The van der Waals surface area contributed by atoms with Crippen LogP contribution < -0.4 is 0 Å². The number of unbranched alkanes of at least 4 members (excludes halogenated alkanes) is 10. The summed E-state index contributed by atoms with van der Waals surface area (Å²) < 4.78 is 0. The van der Waals surface area contributed by atoms with E-state index in [9.17, 15) is 9.59 Å². The average molecular weight is 715 g/mol. The lowest BCUT2D eigenvalue weighted by atomic mass is 9.66. The van der Waals surface area contributed by atoms with Crippen molar-refractivity contribution < 1.29 is 9.59 Å².